The summed E-state index contributed by atoms with van der Waals surface area (Å²) >= 11 is 1.91. The molecule has 0 amide bonds. The van der Waals surface area contributed by atoms with E-state index in [1.54, 1.807) is 0 Å². The van der Waals surface area contributed by atoms with Gasteiger partial charge >= 0.3 is 6.18 Å². The zero-order chi connectivity index (χ0) is 15.9. The molecule has 2 aliphatic heterocycles. The number of carbonyl (C=O) groups excluding carboxylic acids is 1. The summed E-state index contributed by atoms with van der Waals surface area (Å²) in [5, 5.41) is 0.946. The zero-order valence-corrected chi connectivity index (χ0v) is 12.8. The first-order valence-corrected chi connectivity index (χ1v) is 8.13. The summed E-state index contributed by atoms with van der Waals surface area (Å²) < 4.78 is 43.7. The van der Waals surface area contributed by atoms with E-state index in [1.807, 2.05) is 11.8 Å². The summed E-state index contributed by atoms with van der Waals surface area (Å²) in [7, 11) is 1.13. The van der Waals surface area contributed by atoms with Crippen LogP contribution in [0.15, 0.2) is 12.3 Å². The van der Waals surface area contributed by atoms with Crippen LogP contribution in [0.3, 0.4) is 0 Å². The number of ether oxygens (including phenoxy) is 1. The van der Waals surface area contributed by atoms with Crippen LogP contribution in [0, 0.1) is 5.92 Å². The quantitative estimate of drug-likeness (QED) is 0.786. The van der Waals surface area contributed by atoms with Crippen LogP contribution in [0.25, 0.3) is 0 Å². The molecule has 22 heavy (non-hydrogen) atoms. The summed E-state index contributed by atoms with van der Waals surface area (Å²) in [5.41, 5.74) is -0.960. The normalized spacial score (nSPS) is 27.7. The molecule has 0 N–H and O–H groups in total. The highest BCUT2D eigenvalue weighted by Crippen LogP contribution is 2.46. The largest absolute Gasteiger partial charge is 0.481 e. The summed E-state index contributed by atoms with van der Waals surface area (Å²) in [4.78, 5) is 16.2. The smallest absolute Gasteiger partial charge is 0.421 e. The maximum Gasteiger partial charge on any atom is 0.421 e. The number of Topliss-reactive ketones (excluding diaryl/α,β-unsaturated/α-hetero) is 1. The van der Waals surface area contributed by atoms with E-state index in [4.69, 9.17) is 0 Å². The Morgan fingerprint density at radius 2 is 1.95 bits per heavy atom. The van der Waals surface area contributed by atoms with E-state index in [2.05, 4.69) is 9.72 Å². The number of methoxy groups -OCH3 is 1. The van der Waals surface area contributed by atoms with Gasteiger partial charge in [-0.1, -0.05) is 0 Å². The number of carbonyl (C=O) groups is 1. The zero-order valence-electron chi connectivity index (χ0n) is 12.0. The fraction of sp³-hybridized carbons (Fsp3) is 0.600. The van der Waals surface area contributed by atoms with Crippen LogP contribution in [-0.2, 0) is 6.18 Å². The Morgan fingerprint density at radius 3 is 2.50 bits per heavy atom. The highest BCUT2D eigenvalue weighted by atomic mass is 32.2. The van der Waals surface area contributed by atoms with Crippen LogP contribution in [0.1, 0.15) is 41.6 Å². The van der Waals surface area contributed by atoms with Crippen molar-refractivity contribution in [3.05, 3.63) is 23.4 Å². The van der Waals surface area contributed by atoms with E-state index >= 15 is 0 Å². The summed E-state index contributed by atoms with van der Waals surface area (Å²) in [5.74, 6) is -0.906. The monoisotopic (exact) mass is 331 g/mol. The minimum absolute atomic E-state index is 0.0319. The van der Waals surface area contributed by atoms with Gasteiger partial charge in [0.05, 0.1) is 7.11 Å². The van der Waals surface area contributed by atoms with Crippen LogP contribution in [0.2, 0.25) is 0 Å². The average molecular weight is 331 g/mol. The number of hydrogen-bond donors (Lipinski definition) is 0. The minimum atomic E-state index is -4.59. The lowest BCUT2D eigenvalue weighted by Gasteiger charge is -2.26. The van der Waals surface area contributed by atoms with Crippen molar-refractivity contribution in [1.82, 2.24) is 4.98 Å². The number of nitrogens with zero attached hydrogens (tertiary/aromatic N) is 1. The lowest BCUT2D eigenvalue weighted by Crippen LogP contribution is -2.25. The topological polar surface area (TPSA) is 39.2 Å². The SMILES string of the molecule is COc1ncc(C(=O)C2CC3CCC(C2)S3)cc1C(F)(F)F. The fourth-order valence-corrected chi connectivity index (χ4v) is 5.04. The Morgan fingerprint density at radius 1 is 1.32 bits per heavy atom. The van der Waals surface area contributed by atoms with E-state index in [0.717, 1.165) is 38.9 Å². The van der Waals surface area contributed by atoms with Crippen LogP contribution in [0.5, 0.6) is 5.88 Å². The molecule has 3 rings (SSSR count). The van der Waals surface area contributed by atoms with Gasteiger partial charge in [0.25, 0.3) is 0 Å². The maximum atomic E-state index is 13.0. The van der Waals surface area contributed by atoms with Crippen molar-refractivity contribution in [2.24, 2.45) is 5.92 Å². The third kappa shape index (κ3) is 2.95. The number of fused-ring (bicyclic) bond motifs is 2. The van der Waals surface area contributed by atoms with Crippen LogP contribution in [-0.4, -0.2) is 28.4 Å². The van der Waals surface area contributed by atoms with E-state index in [-0.39, 0.29) is 17.3 Å². The molecule has 0 radical (unpaired) electrons. The summed E-state index contributed by atoms with van der Waals surface area (Å²) in [6, 6.07) is 0.873. The molecule has 2 saturated heterocycles. The van der Waals surface area contributed by atoms with Crippen LogP contribution >= 0.6 is 11.8 Å². The van der Waals surface area contributed by atoms with Gasteiger partial charge in [-0.05, 0) is 31.7 Å². The van der Waals surface area contributed by atoms with Gasteiger partial charge in [0.15, 0.2) is 5.78 Å². The van der Waals surface area contributed by atoms with Gasteiger partial charge in [-0.3, -0.25) is 4.79 Å². The van der Waals surface area contributed by atoms with Crippen molar-refractivity contribution in [2.45, 2.75) is 42.4 Å². The predicted octanol–water partition coefficient (Wildman–Crippen LogP) is 3.97. The average Bonchev–Trinajstić information content (AvgIpc) is 2.83. The van der Waals surface area contributed by atoms with Crippen molar-refractivity contribution < 1.29 is 22.7 Å². The third-order valence-corrected chi connectivity index (χ3v) is 5.92. The molecule has 0 aromatic carbocycles. The molecule has 0 saturated carbocycles. The molecular weight excluding hydrogens is 315 g/mol. The van der Waals surface area contributed by atoms with Crippen molar-refractivity contribution in [1.29, 1.82) is 0 Å². The molecule has 3 heterocycles. The van der Waals surface area contributed by atoms with Crippen LogP contribution in [0.4, 0.5) is 13.2 Å². The molecule has 2 unspecified atom stereocenters. The van der Waals surface area contributed by atoms with E-state index in [0.29, 0.717) is 10.5 Å². The highest BCUT2D eigenvalue weighted by Gasteiger charge is 2.40. The molecule has 3 nitrogen and oxygen atoms in total. The summed E-state index contributed by atoms with van der Waals surface area (Å²) in [6.07, 6.45) is 0.332. The Bertz CT molecular complexity index is 579. The number of rotatable bonds is 3. The van der Waals surface area contributed by atoms with Crippen molar-refractivity contribution in [3.63, 3.8) is 0 Å². The number of aromatic nitrogens is 1. The molecule has 2 aliphatic rings. The first-order valence-electron chi connectivity index (χ1n) is 7.19. The number of pyridine rings is 1. The maximum absolute atomic E-state index is 13.0. The van der Waals surface area contributed by atoms with E-state index in [9.17, 15) is 18.0 Å². The highest BCUT2D eigenvalue weighted by molar-refractivity contribution is 8.00. The van der Waals surface area contributed by atoms with Crippen molar-refractivity contribution >= 4 is 17.5 Å². The first-order chi connectivity index (χ1) is 10.4. The van der Waals surface area contributed by atoms with Gasteiger partial charge in [0.1, 0.15) is 5.56 Å². The molecule has 2 fully saturated rings. The van der Waals surface area contributed by atoms with Gasteiger partial charge in [-0.15, -0.1) is 0 Å². The molecule has 1 aromatic rings. The second kappa shape index (κ2) is 5.76. The fourth-order valence-electron chi connectivity index (χ4n) is 3.26. The second-order valence-electron chi connectivity index (χ2n) is 5.77. The lowest BCUT2D eigenvalue weighted by atomic mass is 9.90. The number of alkyl halides is 3. The lowest BCUT2D eigenvalue weighted by molar-refractivity contribution is -0.139. The van der Waals surface area contributed by atoms with Gasteiger partial charge in [0.2, 0.25) is 5.88 Å². The molecule has 0 aliphatic carbocycles. The summed E-state index contributed by atoms with van der Waals surface area (Å²) in [6.45, 7) is 0. The first kappa shape index (κ1) is 15.6. The Balaban J connectivity index is 1.86. The van der Waals surface area contributed by atoms with Crippen molar-refractivity contribution in [2.75, 3.05) is 7.11 Å². The van der Waals surface area contributed by atoms with Crippen molar-refractivity contribution in [3.8, 4) is 5.88 Å². The number of halogens is 3. The minimum Gasteiger partial charge on any atom is -0.481 e. The van der Waals surface area contributed by atoms with E-state index < -0.39 is 17.6 Å². The van der Waals surface area contributed by atoms with Gasteiger partial charge in [-0.2, -0.15) is 24.9 Å². The standard InChI is InChI=1S/C15H16F3NO2S/c1-21-14-12(15(16,17)18)6-9(7-19-14)13(20)8-4-10-2-3-11(5-8)22-10/h6-8,10-11H,2-5H2,1H3. The third-order valence-electron chi connectivity index (χ3n) is 4.30. The van der Waals surface area contributed by atoms with Crippen LogP contribution < -0.4 is 4.74 Å². The van der Waals surface area contributed by atoms with Gasteiger partial charge in [0, 0.05) is 28.2 Å². The molecular formula is C15H16F3NO2S. The number of hydrogen-bond acceptors (Lipinski definition) is 4. The Labute approximate surface area is 130 Å². The molecule has 2 atom stereocenters. The Kier molecular flexibility index (Phi) is 4.09. The number of ketones is 1. The molecule has 7 heteroatoms. The molecule has 2 bridgehead atoms. The predicted molar refractivity (Wildman–Crippen MR) is 77.2 cm³/mol. The Hall–Kier alpha value is -1.24. The molecule has 120 valence electrons. The van der Waals surface area contributed by atoms with E-state index in [1.165, 1.54) is 6.20 Å². The number of thioether (sulfide) groups is 1. The van der Waals surface area contributed by atoms with Gasteiger partial charge in [-0.25, -0.2) is 4.98 Å². The molecule has 0 spiro atoms. The molecule has 1 aromatic heterocycles. The second-order valence-corrected chi connectivity index (χ2v) is 7.37. The van der Waals surface area contributed by atoms with Gasteiger partial charge < -0.3 is 4.74 Å².